The predicted molar refractivity (Wildman–Crippen MR) is 87.5 cm³/mol. The molecule has 0 aromatic carbocycles. The van der Waals surface area contributed by atoms with E-state index in [0.717, 1.165) is 38.5 Å². The molecule has 0 bridgehead atoms. The molecule has 0 radical (unpaired) electrons. The number of nitrogens with zero attached hydrogens (tertiary/aromatic N) is 4. The predicted octanol–water partition coefficient (Wildman–Crippen LogP) is 2.46. The summed E-state index contributed by atoms with van der Waals surface area (Å²) in [5.41, 5.74) is 1.21. The van der Waals surface area contributed by atoms with Gasteiger partial charge in [0, 0.05) is 51.2 Å². The van der Waals surface area contributed by atoms with Gasteiger partial charge in [0.25, 0.3) is 0 Å². The molecule has 0 aliphatic carbocycles. The van der Waals surface area contributed by atoms with Gasteiger partial charge < -0.3 is 9.64 Å². The van der Waals surface area contributed by atoms with Gasteiger partial charge in [-0.3, -0.25) is 4.90 Å². The maximum Gasteiger partial charge on any atom is 0.212 e. The zero-order valence-corrected chi connectivity index (χ0v) is 13.3. The van der Waals surface area contributed by atoms with Crippen LogP contribution >= 0.6 is 11.6 Å². The highest BCUT2D eigenvalue weighted by molar-refractivity contribution is 6.30. The van der Waals surface area contributed by atoms with E-state index >= 15 is 0 Å². The van der Waals surface area contributed by atoms with E-state index in [1.807, 2.05) is 24.4 Å². The molecule has 0 unspecified atom stereocenters. The normalized spacial score (nSPS) is 15.8. The molecule has 0 atom stereocenters. The Labute approximate surface area is 135 Å². The molecule has 5 nitrogen and oxygen atoms in total. The second-order valence-corrected chi connectivity index (χ2v) is 5.74. The van der Waals surface area contributed by atoms with Gasteiger partial charge in [-0.25, -0.2) is 9.97 Å². The Morgan fingerprint density at radius 2 is 1.86 bits per heavy atom. The number of pyridine rings is 2. The molecule has 1 aliphatic heterocycles. The van der Waals surface area contributed by atoms with E-state index in [4.69, 9.17) is 16.3 Å². The van der Waals surface area contributed by atoms with Crippen molar-refractivity contribution in [2.75, 3.05) is 38.2 Å². The highest BCUT2D eigenvalue weighted by atomic mass is 35.5. The molecule has 1 fully saturated rings. The number of methoxy groups -OCH3 is 1. The van der Waals surface area contributed by atoms with E-state index in [1.54, 1.807) is 13.3 Å². The lowest BCUT2D eigenvalue weighted by Crippen LogP contribution is -2.46. The summed E-state index contributed by atoms with van der Waals surface area (Å²) in [6, 6.07) is 7.84. The van der Waals surface area contributed by atoms with Crippen LogP contribution in [-0.4, -0.2) is 48.2 Å². The molecule has 1 aliphatic rings. The maximum absolute atomic E-state index is 5.88. The first-order valence-electron chi connectivity index (χ1n) is 7.32. The van der Waals surface area contributed by atoms with Crippen LogP contribution in [0.4, 0.5) is 5.82 Å². The topological polar surface area (TPSA) is 41.5 Å². The van der Waals surface area contributed by atoms with Gasteiger partial charge in [0.2, 0.25) is 5.88 Å². The van der Waals surface area contributed by atoms with Gasteiger partial charge >= 0.3 is 0 Å². The van der Waals surface area contributed by atoms with Crippen molar-refractivity contribution in [1.29, 1.82) is 0 Å². The van der Waals surface area contributed by atoms with Gasteiger partial charge in [-0.15, -0.1) is 0 Å². The van der Waals surface area contributed by atoms with E-state index in [0.29, 0.717) is 10.9 Å². The lowest BCUT2D eigenvalue weighted by atomic mass is 10.2. The first-order chi connectivity index (χ1) is 10.7. The third-order valence-corrected chi connectivity index (χ3v) is 4.04. The largest absolute Gasteiger partial charge is 0.481 e. The first kappa shape index (κ1) is 15.1. The van der Waals surface area contributed by atoms with Crippen LogP contribution in [0, 0.1) is 0 Å². The van der Waals surface area contributed by atoms with Crippen LogP contribution in [0.15, 0.2) is 36.7 Å². The van der Waals surface area contributed by atoms with Crippen molar-refractivity contribution in [2.24, 2.45) is 0 Å². The Balaban J connectivity index is 1.53. The molecule has 22 heavy (non-hydrogen) atoms. The number of hydrogen-bond donors (Lipinski definition) is 0. The summed E-state index contributed by atoms with van der Waals surface area (Å²) in [5, 5.41) is 0.675. The van der Waals surface area contributed by atoms with Gasteiger partial charge in [0.15, 0.2) is 0 Å². The van der Waals surface area contributed by atoms with Crippen LogP contribution in [0.25, 0.3) is 0 Å². The van der Waals surface area contributed by atoms with E-state index < -0.39 is 0 Å². The zero-order valence-electron chi connectivity index (χ0n) is 12.6. The Morgan fingerprint density at radius 1 is 1.05 bits per heavy atom. The Morgan fingerprint density at radius 3 is 2.45 bits per heavy atom. The summed E-state index contributed by atoms with van der Waals surface area (Å²) in [6.45, 7) is 4.88. The fourth-order valence-electron chi connectivity index (χ4n) is 2.57. The minimum atomic E-state index is 0.655. The molecule has 0 spiro atoms. The van der Waals surface area contributed by atoms with Crippen molar-refractivity contribution in [3.63, 3.8) is 0 Å². The maximum atomic E-state index is 5.88. The van der Waals surface area contributed by atoms with E-state index in [-0.39, 0.29) is 0 Å². The summed E-state index contributed by atoms with van der Waals surface area (Å²) in [4.78, 5) is 13.4. The minimum absolute atomic E-state index is 0.655. The molecule has 2 aromatic rings. The van der Waals surface area contributed by atoms with E-state index in [9.17, 15) is 0 Å². The lowest BCUT2D eigenvalue weighted by Gasteiger charge is -2.35. The minimum Gasteiger partial charge on any atom is -0.481 e. The molecule has 2 aromatic heterocycles. The number of halogens is 1. The summed E-state index contributed by atoms with van der Waals surface area (Å²) in [7, 11) is 1.63. The standard InChI is InChI=1S/C16H19ClN4O/c1-22-16-5-2-13(10-19-16)12-20-6-8-21(9-7-20)15-4-3-14(17)11-18-15/h2-5,10-11H,6-9,12H2,1H3. The molecular formula is C16H19ClN4O. The third kappa shape index (κ3) is 3.67. The number of aromatic nitrogens is 2. The summed E-state index contributed by atoms with van der Waals surface area (Å²) in [6.07, 6.45) is 3.58. The van der Waals surface area contributed by atoms with Crippen LogP contribution < -0.4 is 9.64 Å². The third-order valence-electron chi connectivity index (χ3n) is 3.82. The Hall–Kier alpha value is -1.85. The number of rotatable bonds is 4. The summed E-state index contributed by atoms with van der Waals surface area (Å²) >= 11 is 5.88. The quantitative estimate of drug-likeness (QED) is 0.866. The van der Waals surface area contributed by atoms with Crippen molar-refractivity contribution in [3.05, 3.63) is 47.2 Å². The van der Waals surface area contributed by atoms with Crippen LogP contribution in [-0.2, 0) is 6.54 Å². The van der Waals surface area contributed by atoms with Crippen LogP contribution in [0.2, 0.25) is 5.02 Å². The lowest BCUT2D eigenvalue weighted by molar-refractivity contribution is 0.249. The molecule has 0 amide bonds. The van der Waals surface area contributed by atoms with Crippen LogP contribution in [0.5, 0.6) is 5.88 Å². The molecule has 3 heterocycles. The van der Waals surface area contributed by atoms with Gasteiger partial charge in [-0.2, -0.15) is 0 Å². The molecule has 6 heteroatoms. The fraction of sp³-hybridized carbons (Fsp3) is 0.375. The van der Waals surface area contributed by atoms with Crippen molar-refractivity contribution < 1.29 is 4.74 Å². The van der Waals surface area contributed by atoms with Gasteiger partial charge in [-0.1, -0.05) is 17.7 Å². The number of piperazine rings is 1. The molecule has 116 valence electrons. The van der Waals surface area contributed by atoms with E-state index in [2.05, 4.69) is 25.8 Å². The number of ether oxygens (including phenoxy) is 1. The molecule has 0 N–H and O–H groups in total. The Bertz CT molecular complexity index is 595. The first-order valence-corrected chi connectivity index (χ1v) is 7.70. The molecule has 1 saturated heterocycles. The van der Waals surface area contributed by atoms with Crippen molar-refractivity contribution in [3.8, 4) is 5.88 Å². The average molecular weight is 319 g/mol. The number of hydrogen-bond acceptors (Lipinski definition) is 5. The van der Waals surface area contributed by atoms with Gasteiger partial charge in [0.1, 0.15) is 5.82 Å². The monoisotopic (exact) mass is 318 g/mol. The number of anilines is 1. The second-order valence-electron chi connectivity index (χ2n) is 5.31. The van der Waals surface area contributed by atoms with Crippen molar-refractivity contribution >= 4 is 17.4 Å². The highest BCUT2D eigenvalue weighted by Crippen LogP contribution is 2.17. The zero-order chi connectivity index (χ0) is 15.4. The van der Waals surface area contributed by atoms with Crippen LogP contribution in [0.1, 0.15) is 5.56 Å². The van der Waals surface area contributed by atoms with Crippen molar-refractivity contribution in [1.82, 2.24) is 14.9 Å². The average Bonchev–Trinajstić information content (AvgIpc) is 2.57. The summed E-state index contributed by atoms with van der Waals surface area (Å²) in [5.74, 6) is 1.65. The summed E-state index contributed by atoms with van der Waals surface area (Å²) < 4.78 is 5.08. The van der Waals surface area contributed by atoms with Gasteiger partial charge in [-0.05, 0) is 17.7 Å². The molecule has 3 rings (SSSR count). The smallest absolute Gasteiger partial charge is 0.212 e. The second kappa shape index (κ2) is 6.94. The SMILES string of the molecule is COc1ccc(CN2CCN(c3ccc(Cl)cn3)CC2)cn1. The highest BCUT2D eigenvalue weighted by Gasteiger charge is 2.18. The van der Waals surface area contributed by atoms with Gasteiger partial charge in [0.05, 0.1) is 12.1 Å². The fourth-order valence-corrected chi connectivity index (χ4v) is 2.69. The molecule has 0 saturated carbocycles. The van der Waals surface area contributed by atoms with E-state index in [1.165, 1.54) is 5.56 Å². The van der Waals surface area contributed by atoms with Crippen molar-refractivity contribution in [2.45, 2.75) is 6.54 Å². The van der Waals surface area contributed by atoms with Crippen LogP contribution in [0.3, 0.4) is 0 Å². The molecular weight excluding hydrogens is 300 g/mol. The Kier molecular flexibility index (Phi) is 4.75.